The van der Waals surface area contributed by atoms with E-state index in [1.807, 2.05) is 0 Å². The van der Waals surface area contributed by atoms with Crippen LogP contribution in [0, 0.1) is 0 Å². The predicted molar refractivity (Wildman–Crippen MR) is 51.4 cm³/mol. The molecule has 2 atom stereocenters. The normalized spacial score (nSPS) is 24.7. The van der Waals surface area contributed by atoms with Crippen LogP contribution in [0.25, 0.3) is 0 Å². The molecule has 1 aromatic heterocycles. The number of hydrogen-bond acceptors (Lipinski definition) is 6. The van der Waals surface area contributed by atoms with Crippen LogP contribution in [0.15, 0.2) is 4.52 Å². The van der Waals surface area contributed by atoms with Crippen LogP contribution in [-0.2, 0) is 11.3 Å². The summed E-state index contributed by atoms with van der Waals surface area (Å²) in [6, 6.07) is -0.260. The van der Waals surface area contributed by atoms with E-state index in [4.69, 9.17) is 4.52 Å². The molecule has 18 heavy (non-hydrogen) atoms. The van der Waals surface area contributed by atoms with Gasteiger partial charge >= 0.3 is 6.18 Å². The van der Waals surface area contributed by atoms with Crippen LogP contribution in [-0.4, -0.2) is 40.7 Å². The Morgan fingerprint density at radius 2 is 2.28 bits per heavy atom. The van der Waals surface area contributed by atoms with Gasteiger partial charge < -0.3 is 19.7 Å². The summed E-state index contributed by atoms with van der Waals surface area (Å²) in [6.07, 6.45) is -4.42. The number of halogens is 3. The molecule has 0 saturated carbocycles. The molecule has 0 radical (unpaired) electrons. The van der Waals surface area contributed by atoms with Crippen molar-refractivity contribution < 1.29 is 27.5 Å². The molecular formula is C9H12F3N3O3. The number of β-amino-alcohol motifs (C(OH)–C–C–N with tert-alkyl or cyclic N) is 1. The fraction of sp³-hybridized carbons (Fsp3) is 0.778. The van der Waals surface area contributed by atoms with Gasteiger partial charge in [-0.3, -0.25) is 0 Å². The second-order valence-corrected chi connectivity index (χ2v) is 4.01. The zero-order valence-corrected chi connectivity index (χ0v) is 9.28. The maximum absolute atomic E-state index is 11.8. The minimum absolute atomic E-state index is 0.0532. The van der Waals surface area contributed by atoms with Gasteiger partial charge in [0.1, 0.15) is 13.2 Å². The summed E-state index contributed by atoms with van der Waals surface area (Å²) in [4.78, 5) is 3.90. The molecule has 0 aromatic carbocycles. The molecule has 6 nitrogen and oxygen atoms in total. The van der Waals surface area contributed by atoms with E-state index < -0.39 is 18.9 Å². The van der Waals surface area contributed by atoms with Gasteiger partial charge in [-0.1, -0.05) is 5.16 Å². The molecule has 2 heterocycles. The molecule has 9 heteroatoms. The average molecular weight is 267 g/mol. The summed E-state index contributed by atoms with van der Waals surface area (Å²) in [5.74, 6) is 0.301. The van der Waals surface area contributed by atoms with Crippen molar-refractivity contribution in [3.8, 4) is 0 Å². The second-order valence-electron chi connectivity index (χ2n) is 4.01. The molecule has 1 fully saturated rings. The first-order valence-electron chi connectivity index (χ1n) is 5.32. The first-order valence-corrected chi connectivity index (χ1v) is 5.32. The van der Waals surface area contributed by atoms with E-state index >= 15 is 0 Å². The molecule has 0 unspecified atom stereocenters. The Labute approximate surface area is 100 Å². The van der Waals surface area contributed by atoms with E-state index in [1.165, 1.54) is 0 Å². The molecule has 1 aliphatic rings. The van der Waals surface area contributed by atoms with Crippen molar-refractivity contribution in [1.82, 2.24) is 15.5 Å². The Morgan fingerprint density at radius 1 is 1.50 bits per heavy atom. The van der Waals surface area contributed by atoms with Gasteiger partial charge in [0.15, 0.2) is 5.82 Å². The Bertz CT molecular complexity index is 396. The van der Waals surface area contributed by atoms with Crippen molar-refractivity contribution in [2.75, 3.05) is 13.2 Å². The van der Waals surface area contributed by atoms with E-state index in [1.54, 1.807) is 0 Å². The summed E-state index contributed by atoms with van der Waals surface area (Å²) >= 11 is 0. The van der Waals surface area contributed by atoms with Gasteiger partial charge in [0, 0.05) is 6.54 Å². The van der Waals surface area contributed by atoms with Crippen molar-refractivity contribution in [1.29, 1.82) is 0 Å². The van der Waals surface area contributed by atoms with Crippen molar-refractivity contribution in [2.24, 2.45) is 0 Å². The molecule has 1 aromatic rings. The number of nitrogens with zero attached hydrogens (tertiary/aromatic N) is 2. The number of aliphatic hydroxyl groups is 1. The number of ether oxygens (including phenoxy) is 1. The largest absolute Gasteiger partial charge is 0.411 e. The molecule has 102 valence electrons. The molecule has 0 aliphatic carbocycles. The van der Waals surface area contributed by atoms with Gasteiger partial charge in [-0.2, -0.15) is 18.2 Å². The highest BCUT2D eigenvalue weighted by Crippen LogP contribution is 2.22. The summed E-state index contributed by atoms with van der Waals surface area (Å²) in [5.41, 5.74) is 0. The minimum atomic E-state index is -4.37. The van der Waals surface area contributed by atoms with E-state index in [2.05, 4.69) is 20.2 Å². The topological polar surface area (TPSA) is 80.4 Å². The number of aliphatic hydroxyl groups excluding tert-OH is 1. The maximum atomic E-state index is 11.8. The van der Waals surface area contributed by atoms with Crippen molar-refractivity contribution >= 4 is 0 Å². The Morgan fingerprint density at radius 3 is 2.89 bits per heavy atom. The Hall–Kier alpha value is -1.19. The van der Waals surface area contributed by atoms with Gasteiger partial charge in [0.05, 0.1) is 12.1 Å². The van der Waals surface area contributed by atoms with E-state index in [9.17, 15) is 18.3 Å². The molecule has 0 amide bonds. The van der Waals surface area contributed by atoms with Gasteiger partial charge in [0.25, 0.3) is 0 Å². The minimum Gasteiger partial charge on any atom is -0.392 e. The lowest BCUT2D eigenvalue weighted by Gasteiger charge is -2.04. The highest BCUT2D eigenvalue weighted by Gasteiger charge is 2.29. The standard InChI is InChI=1S/C9H12F3N3O3/c10-9(11,12)4-17-3-7-14-8(18-15-7)6-1-5(16)2-13-6/h5-6,13,16H,1-4H2/t5-,6+/m0/s1. The SMILES string of the molecule is O[C@@H]1CN[C@@H](c2nc(COCC(F)(F)F)no2)C1. The lowest BCUT2D eigenvalue weighted by atomic mass is 10.2. The van der Waals surface area contributed by atoms with Gasteiger partial charge in [-0.25, -0.2) is 0 Å². The smallest absolute Gasteiger partial charge is 0.392 e. The average Bonchev–Trinajstić information content (AvgIpc) is 2.85. The highest BCUT2D eigenvalue weighted by atomic mass is 19.4. The zero-order chi connectivity index (χ0) is 13.2. The summed E-state index contributed by atoms with van der Waals surface area (Å²) in [5, 5.41) is 15.8. The van der Waals surface area contributed by atoms with Gasteiger partial charge in [-0.15, -0.1) is 0 Å². The summed E-state index contributed by atoms with van der Waals surface area (Å²) < 4.78 is 44.8. The van der Waals surface area contributed by atoms with Crippen molar-refractivity contribution in [3.63, 3.8) is 0 Å². The van der Waals surface area contributed by atoms with Gasteiger partial charge in [-0.05, 0) is 6.42 Å². The van der Waals surface area contributed by atoms with E-state index in [0.717, 1.165) is 0 Å². The molecule has 0 bridgehead atoms. The zero-order valence-electron chi connectivity index (χ0n) is 9.28. The maximum Gasteiger partial charge on any atom is 0.411 e. The Kier molecular flexibility index (Phi) is 3.83. The van der Waals surface area contributed by atoms with Crippen molar-refractivity contribution in [3.05, 3.63) is 11.7 Å². The lowest BCUT2D eigenvalue weighted by Crippen LogP contribution is -2.17. The van der Waals surface area contributed by atoms with Crippen LogP contribution in [0.3, 0.4) is 0 Å². The lowest BCUT2D eigenvalue weighted by molar-refractivity contribution is -0.177. The van der Waals surface area contributed by atoms with Gasteiger partial charge in [0.2, 0.25) is 5.89 Å². The monoisotopic (exact) mass is 267 g/mol. The Balaban J connectivity index is 1.83. The molecule has 2 rings (SSSR count). The first-order chi connectivity index (χ1) is 8.44. The van der Waals surface area contributed by atoms with Crippen LogP contribution in [0.2, 0.25) is 0 Å². The fourth-order valence-corrected chi connectivity index (χ4v) is 1.63. The number of aromatic nitrogens is 2. The van der Waals surface area contributed by atoms with Crippen LogP contribution in [0.5, 0.6) is 0 Å². The van der Waals surface area contributed by atoms with Crippen LogP contribution >= 0.6 is 0 Å². The molecule has 2 N–H and O–H groups in total. The quantitative estimate of drug-likeness (QED) is 0.829. The molecule has 0 spiro atoms. The highest BCUT2D eigenvalue weighted by molar-refractivity contribution is 4.96. The number of rotatable bonds is 4. The molecule has 1 aliphatic heterocycles. The number of alkyl halides is 3. The first kappa shape index (κ1) is 13.2. The predicted octanol–water partition coefficient (Wildman–Crippen LogP) is 0.544. The third kappa shape index (κ3) is 3.65. The van der Waals surface area contributed by atoms with E-state index in [-0.39, 0.29) is 24.4 Å². The molecule has 1 saturated heterocycles. The number of nitrogens with one attached hydrogen (secondary N) is 1. The third-order valence-electron chi connectivity index (χ3n) is 2.39. The van der Waals surface area contributed by atoms with Crippen LogP contribution < -0.4 is 5.32 Å². The van der Waals surface area contributed by atoms with Crippen LogP contribution in [0.4, 0.5) is 13.2 Å². The summed E-state index contributed by atoms with van der Waals surface area (Å²) in [6.45, 7) is -1.29. The third-order valence-corrected chi connectivity index (χ3v) is 2.39. The summed E-state index contributed by atoms with van der Waals surface area (Å²) in [7, 11) is 0. The van der Waals surface area contributed by atoms with E-state index in [0.29, 0.717) is 13.0 Å². The molecular weight excluding hydrogens is 255 g/mol. The fourth-order valence-electron chi connectivity index (χ4n) is 1.63. The number of hydrogen-bond donors (Lipinski definition) is 2. The second kappa shape index (κ2) is 5.21. The van der Waals surface area contributed by atoms with Crippen LogP contribution in [0.1, 0.15) is 24.2 Å². The van der Waals surface area contributed by atoms with Crippen molar-refractivity contribution in [2.45, 2.75) is 31.3 Å².